The van der Waals surface area contributed by atoms with Gasteiger partial charge in [0.25, 0.3) is 0 Å². The summed E-state index contributed by atoms with van der Waals surface area (Å²) in [5.74, 6) is 2.10. The molecule has 0 bridgehead atoms. The van der Waals surface area contributed by atoms with Crippen LogP contribution in [-0.2, 0) is 13.1 Å². The molecule has 156 valence electrons. The van der Waals surface area contributed by atoms with Crippen molar-refractivity contribution >= 4 is 0 Å². The lowest BCUT2D eigenvalue weighted by Crippen LogP contribution is -2.29. The lowest BCUT2D eigenvalue weighted by molar-refractivity contribution is 0.192. The molecule has 0 spiro atoms. The Morgan fingerprint density at radius 3 is 2.54 bits per heavy atom. The summed E-state index contributed by atoms with van der Waals surface area (Å²) >= 11 is 0. The zero-order chi connectivity index (χ0) is 20.5. The number of unbranched alkanes of at least 4 members (excludes halogenated alkanes) is 2. The van der Waals surface area contributed by atoms with E-state index >= 15 is 0 Å². The van der Waals surface area contributed by atoms with Crippen molar-refractivity contribution in [1.29, 1.82) is 0 Å². The van der Waals surface area contributed by atoms with E-state index in [4.69, 9.17) is 9.72 Å². The van der Waals surface area contributed by atoms with Gasteiger partial charge >= 0.3 is 0 Å². The summed E-state index contributed by atoms with van der Waals surface area (Å²) in [7, 11) is 0. The van der Waals surface area contributed by atoms with Crippen molar-refractivity contribution in [3.8, 4) is 5.75 Å². The van der Waals surface area contributed by atoms with Crippen LogP contribution in [0.4, 0.5) is 0 Å². The fourth-order valence-corrected chi connectivity index (χ4v) is 3.78. The summed E-state index contributed by atoms with van der Waals surface area (Å²) < 4.78 is 8.16. The van der Waals surface area contributed by atoms with Crippen molar-refractivity contribution in [3.05, 3.63) is 47.0 Å². The van der Waals surface area contributed by atoms with Gasteiger partial charge in [0, 0.05) is 19.1 Å². The Hall–Kier alpha value is -1.81. The maximum atomic E-state index is 5.73. The van der Waals surface area contributed by atoms with Crippen LogP contribution in [-0.4, -0.2) is 27.6 Å². The topological polar surface area (TPSA) is 30.3 Å². The molecule has 2 rings (SSSR count). The number of nitrogens with zero attached hydrogens (tertiary/aromatic N) is 3. The Balaban J connectivity index is 2.28. The summed E-state index contributed by atoms with van der Waals surface area (Å²) in [6.45, 7) is 17.0. The van der Waals surface area contributed by atoms with Gasteiger partial charge in [-0.3, -0.25) is 4.90 Å². The van der Waals surface area contributed by atoms with Crippen LogP contribution in [0.15, 0.2) is 24.3 Å². The van der Waals surface area contributed by atoms with E-state index in [9.17, 15) is 0 Å². The number of hydrogen-bond acceptors (Lipinski definition) is 3. The molecule has 28 heavy (non-hydrogen) atoms. The first-order valence-corrected chi connectivity index (χ1v) is 11.0. The maximum absolute atomic E-state index is 5.73. The third-order valence-corrected chi connectivity index (χ3v) is 5.55. The molecule has 0 aliphatic carbocycles. The molecular formula is C24H39N3O. The SMILES string of the molecule is CCCCN(Cc1c(C)nc(C)n1CCCC)C(C)c1cccc(OCC)c1. The summed E-state index contributed by atoms with van der Waals surface area (Å²) in [5, 5.41) is 0. The molecule has 0 saturated carbocycles. The molecule has 0 aliphatic rings. The van der Waals surface area contributed by atoms with E-state index in [-0.39, 0.29) is 0 Å². The van der Waals surface area contributed by atoms with Gasteiger partial charge < -0.3 is 9.30 Å². The van der Waals surface area contributed by atoms with Crippen LogP contribution in [0, 0.1) is 13.8 Å². The van der Waals surface area contributed by atoms with Crippen LogP contribution in [0.1, 0.15) is 82.2 Å². The summed E-state index contributed by atoms with van der Waals surface area (Å²) in [5.41, 5.74) is 3.86. The summed E-state index contributed by atoms with van der Waals surface area (Å²) in [6, 6.07) is 8.90. The van der Waals surface area contributed by atoms with Crippen molar-refractivity contribution in [2.24, 2.45) is 0 Å². The molecule has 0 fully saturated rings. The third kappa shape index (κ3) is 5.84. The smallest absolute Gasteiger partial charge is 0.119 e. The zero-order valence-electron chi connectivity index (χ0n) is 18.8. The Labute approximate surface area is 171 Å². The van der Waals surface area contributed by atoms with Crippen molar-refractivity contribution in [1.82, 2.24) is 14.5 Å². The van der Waals surface area contributed by atoms with Crippen molar-refractivity contribution in [2.75, 3.05) is 13.2 Å². The first-order valence-electron chi connectivity index (χ1n) is 11.0. The van der Waals surface area contributed by atoms with E-state index in [0.717, 1.165) is 31.2 Å². The van der Waals surface area contributed by atoms with Gasteiger partial charge in [0.1, 0.15) is 11.6 Å². The number of aromatic nitrogens is 2. The number of hydrogen-bond donors (Lipinski definition) is 0. The molecule has 1 atom stereocenters. The van der Waals surface area contributed by atoms with Crippen LogP contribution in [0.3, 0.4) is 0 Å². The average Bonchev–Trinajstić information content (AvgIpc) is 2.95. The lowest BCUT2D eigenvalue weighted by Gasteiger charge is -2.30. The predicted octanol–water partition coefficient (Wildman–Crippen LogP) is 6.06. The van der Waals surface area contributed by atoms with E-state index in [1.807, 2.05) is 13.0 Å². The average molecular weight is 386 g/mol. The van der Waals surface area contributed by atoms with Gasteiger partial charge in [-0.05, 0) is 64.8 Å². The van der Waals surface area contributed by atoms with E-state index in [1.54, 1.807) is 0 Å². The summed E-state index contributed by atoms with van der Waals surface area (Å²) in [4.78, 5) is 7.38. The van der Waals surface area contributed by atoms with Crippen LogP contribution >= 0.6 is 0 Å². The van der Waals surface area contributed by atoms with E-state index in [1.165, 1.54) is 42.6 Å². The predicted molar refractivity (Wildman–Crippen MR) is 118 cm³/mol. The second-order valence-corrected chi connectivity index (χ2v) is 7.70. The highest BCUT2D eigenvalue weighted by Crippen LogP contribution is 2.27. The van der Waals surface area contributed by atoms with E-state index in [2.05, 4.69) is 62.3 Å². The molecule has 0 amide bonds. The molecule has 2 aromatic rings. The highest BCUT2D eigenvalue weighted by atomic mass is 16.5. The first kappa shape index (κ1) is 22.5. The Morgan fingerprint density at radius 1 is 1.11 bits per heavy atom. The highest BCUT2D eigenvalue weighted by molar-refractivity contribution is 5.30. The quantitative estimate of drug-likeness (QED) is 0.445. The number of ether oxygens (including phenoxy) is 1. The van der Waals surface area contributed by atoms with Gasteiger partial charge in [-0.25, -0.2) is 4.98 Å². The standard InChI is InChI=1S/C24H39N3O/c1-7-10-15-26(20(5)22-13-12-14-23(17-22)28-9-3)18-24-19(4)25-21(6)27(24)16-11-8-2/h12-14,17,20H,7-11,15-16,18H2,1-6H3. The molecule has 1 aromatic heterocycles. The molecule has 1 aromatic carbocycles. The molecule has 4 nitrogen and oxygen atoms in total. The second kappa shape index (κ2) is 11.3. The van der Waals surface area contributed by atoms with E-state index < -0.39 is 0 Å². The Morgan fingerprint density at radius 2 is 1.86 bits per heavy atom. The largest absolute Gasteiger partial charge is 0.494 e. The lowest BCUT2D eigenvalue weighted by atomic mass is 10.1. The van der Waals surface area contributed by atoms with Gasteiger partial charge in [0.2, 0.25) is 0 Å². The minimum absolute atomic E-state index is 0.334. The second-order valence-electron chi connectivity index (χ2n) is 7.70. The van der Waals surface area contributed by atoms with Gasteiger partial charge in [-0.1, -0.05) is 38.8 Å². The Bertz CT molecular complexity index is 723. The number of rotatable bonds is 12. The zero-order valence-corrected chi connectivity index (χ0v) is 18.8. The fourth-order valence-electron chi connectivity index (χ4n) is 3.78. The first-order chi connectivity index (χ1) is 13.5. The molecule has 0 aliphatic heterocycles. The van der Waals surface area contributed by atoms with Gasteiger partial charge in [0.05, 0.1) is 18.0 Å². The van der Waals surface area contributed by atoms with Crippen LogP contribution in [0.25, 0.3) is 0 Å². The van der Waals surface area contributed by atoms with E-state index in [0.29, 0.717) is 12.6 Å². The monoisotopic (exact) mass is 385 g/mol. The molecule has 0 saturated heterocycles. The highest BCUT2D eigenvalue weighted by Gasteiger charge is 2.20. The van der Waals surface area contributed by atoms with Crippen molar-refractivity contribution < 1.29 is 4.74 Å². The van der Waals surface area contributed by atoms with Crippen LogP contribution < -0.4 is 4.74 Å². The Kier molecular flexibility index (Phi) is 9.04. The molecule has 4 heteroatoms. The molecule has 0 N–H and O–H groups in total. The third-order valence-electron chi connectivity index (χ3n) is 5.55. The van der Waals surface area contributed by atoms with Crippen LogP contribution in [0.2, 0.25) is 0 Å². The minimum Gasteiger partial charge on any atom is -0.494 e. The van der Waals surface area contributed by atoms with Crippen LogP contribution in [0.5, 0.6) is 5.75 Å². The fraction of sp³-hybridized carbons (Fsp3) is 0.625. The normalized spacial score (nSPS) is 12.5. The minimum atomic E-state index is 0.334. The molecule has 1 unspecified atom stereocenters. The maximum Gasteiger partial charge on any atom is 0.119 e. The van der Waals surface area contributed by atoms with Crippen molar-refractivity contribution in [3.63, 3.8) is 0 Å². The van der Waals surface area contributed by atoms with Crippen molar-refractivity contribution in [2.45, 2.75) is 86.4 Å². The van der Waals surface area contributed by atoms with Gasteiger partial charge in [-0.2, -0.15) is 0 Å². The van der Waals surface area contributed by atoms with Gasteiger partial charge in [0.15, 0.2) is 0 Å². The number of aryl methyl sites for hydroxylation is 2. The molecule has 0 radical (unpaired) electrons. The number of benzene rings is 1. The number of imidazole rings is 1. The molecule has 1 heterocycles. The summed E-state index contributed by atoms with van der Waals surface area (Å²) in [6.07, 6.45) is 4.81. The van der Waals surface area contributed by atoms with Gasteiger partial charge in [-0.15, -0.1) is 0 Å². The molecular weight excluding hydrogens is 346 g/mol.